The van der Waals surface area contributed by atoms with Crippen LogP contribution in [0, 0.1) is 5.92 Å². The van der Waals surface area contributed by atoms with Gasteiger partial charge in [0.15, 0.2) is 0 Å². The highest BCUT2D eigenvalue weighted by molar-refractivity contribution is 5.94. The van der Waals surface area contributed by atoms with Crippen molar-refractivity contribution in [3.8, 4) is 0 Å². The highest BCUT2D eigenvalue weighted by Crippen LogP contribution is 2.36. The van der Waals surface area contributed by atoms with E-state index < -0.39 is 29.8 Å². The van der Waals surface area contributed by atoms with E-state index in [1.807, 2.05) is 0 Å². The van der Waals surface area contributed by atoms with Gasteiger partial charge in [-0.25, -0.2) is 18.6 Å². The van der Waals surface area contributed by atoms with Crippen molar-refractivity contribution >= 4 is 11.9 Å². The summed E-state index contributed by atoms with van der Waals surface area (Å²) in [4.78, 5) is 26.5. The van der Waals surface area contributed by atoms with Gasteiger partial charge in [-0.2, -0.15) is 0 Å². The first-order valence-corrected chi connectivity index (χ1v) is 7.68. The van der Waals surface area contributed by atoms with Crippen LogP contribution in [0.15, 0.2) is 18.3 Å². The van der Waals surface area contributed by atoms with Crippen LogP contribution in [-0.4, -0.2) is 47.6 Å². The molecular weight excluding hydrogens is 322 g/mol. The number of aromatic carboxylic acids is 1. The number of aromatic nitrogens is 1. The van der Waals surface area contributed by atoms with Crippen molar-refractivity contribution in [3.05, 3.63) is 29.6 Å². The molecule has 1 heterocycles. The molecule has 1 amide bonds. The SMILES string of the molecule is COC1(CNC(=O)c2ccc(C(=O)O)nc2)CCC(C(F)F)CC1. The molecule has 0 aliphatic heterocycles. The largest absolute Gasteiger partial charge is 0.477 e. The Morgan fingerprint density at radius 2 is 2.08 bits per heavy atom. The van der Waals surface area contributed by atoms with E-state index in [9.17, 15) is 18.4 Å². The van der Waals surface area contributed by atoms with Crippen LogP contribution in [-0.2, 0) is 4.74 Å². The first kappa shape index (κ1) is 18.3. The lowest BCUT2D eigenvalue weighted by Crippen LogP contribution is -2.47. The molecule has 132 valence electrons. The van der Waals surface area contributed by atoms with Crippen molar-refractivity contribution in [1.82, 2.24) is 10.3 Å². The molecular formula is C16H20F2N2O4. The van der Waals surface area contributed by atoms with Gasteiger partial charge in [0.25, 0.3) is 5.91 Å². The zero-order valence-electron chi connectivity index (χ0n) is 13.3. The minimum Gasteiger partial charge on any atom is -0.477 e. The second-order valence-electron chi connectivity index (χ2n) is 5.98. The Morgan fingerprint density at radius 3 is 2.54 bits per heavy atom. The highest BCUT2D eigenvalue weighted by atomic mass is 19.3. The molecule has 0 spiro atoms. The first-order valence-electron chi connectivity index (χ1n) is 7.68. The predicted octanol–water partition coefficient (Wildman–Crippen LogP) is 2.35. The molecule has 1 aromatic heterocycles. The Hall–Kier alpha value is -2.09. The summed E-state index contributed by atoms with van der Waals surface area (Å²) in [6.07, 6.45) is 0.482. The Morgan fingerprint density at radius 1 is 1.42 bits per heavy atom. The van der Waals surface area contributed by atoms with Gasteiger partial charge in [0, 0.05) is 25.8 Å². The number of nitrogens with one attached hydrogen (secondary N) is 1. The molecule has 1 saturated carbocycles. The summed E-state index contributed by atoms with van der Waals surface area (Å²) in [7, 11) is 1.51. The fraction of sp³-hybridized carbons (Fsp3) is 0.562. The number of hydrogen-bond donors (Lipinski definition) is 2. The Balaban J connectivity index is 1.93. The molecule has 1 aromatic rings. The van der Waals surface area contributed by atoms with Crippen molar-refractivity contribution < 1.29 is 28.2 Å². The fourth-order valence-corrected chi connectivity index (χ4v) is 2.87. The molecule has 0 saturated heterocycles. The monoisotopic (exact) mass is 342 g/mol. The van der Waals surface area contributed by atoms with Gasteiger partial charge in [-0.15, -0.1) is 0 Å². The van der Waals surface area contributed by atoms with E-state index in [1.54, 1.807) is 0 Å². The second-order valence-corrected chi connectivity index (χ2v) is 5.98. The number of halogens is 2. The summed E-state index contributed by atoms with van der Waals surface area (Å²) >= 11 is 0. The molecule has 0 atom stereocenters. The predicted molar refractivity (Wildman–Crippen MR) is 81.2 cm³/mol. The van der Waals surface area contributed by atoms with Crippen LogP contribution < -0.4 is 5.32 Å². The van der Waals surface area contributed by atoms with Gasteiger partial charge in [-0.05, 0) is 37.8 Å². The number of rotatable bonds is 6. The third kappa shape index (κ3) is 4.25. The van der Waals surface area contributed by atoms with Gasteiger partial charge in [0.2, 0.25) is 6.43 Å². The Kier molecular flexibility index (Phi) is 5.82. The second kappa shape index (κ2) is 7.65. The maximum atomic E-state index is 12.7. The maximum absolute atomic E-state index is 12.7. The van der Waals surface area contributed by atoms with Crippen LogP contribution in [0.25, 0.3) is 0 Å². The quantitative estimate of drug-likeness (QED) is 0.828. The van der Waals surface area contributed by atoms with Crippen LogP contribution in [0.5, 0.6) is 0 Å². The summed E-state index contributed by atoms with van der Waals surface area (Å²) in [5.41, 5.74) is -0.562. The first-order chi connectivity index (χ1) is 11.4. The number of hydrogen-bond acceptors (Lipinski definition) is 4. The Labute approximate surface area is 138 Å². The molecule has 8 heteroatoms. The van der Waals surface area contributed by atoms with Crippen molar-refractivity contribution in [2.75, 3.05) is 13.7 Å². The van der Waals surface area contributed by atoms with E-state index >= 15 is 0 Å². The smallest absolute Gasteiger partial charge is 0.354 e. The topological polar surface area (TPSA) is 88.5 Å². The van der Waals surface area contributed by atoms with Crippen molar-refractivity contribution in [2.24, 2.45) is 5.92 Å². The average molecular weight is 342 g/mol. The standard InChI is InChI=1S/C16H20F2N2O4/c1-24-16(6-4-10(5-7-16)13(17)18)9-20-14(21)11-2-3-12(15(22)23)19-8-11/h2-3,8,10,13H,4-7,9H2,1H3,(H,20,21)(H,22,23). The molecule has 0 bridgehead atoms. The van der Waals surface area contributed by atoms with Gasteiger partial charge in [-0.3, -0.25) is 4.79 Å². The molecule has 0 radical (unpaired) electrons. The molecule has 1 aliphatic rings. The molecule has 0 aromatic carbocycles. The number of carbonyl (C=O) groups is 2. The number of nitrogens with zero attached hydrogens (tertiary/aromatic N) is 1. The van der Waals surface area contributed by atoms with Crippen molar-refractivity contribution in [2.45, 2.75) is 37.7 Å². The lowest BCUT2D eigenvalue weighted by atomic mass is 9.78. The number of ether oxygens (including phenoxy) is 1. The van der Waals surface area contributed by atoms with E-state index in [2.05, 4.69) is 10.3 Å². The lowest BCUT2D eigenvalue weighted by molar-refractivity contribution is -0.0654. The van der Waals surface area contributed by atoms with Crippen LogP contribution in [0.1, 0.15) is 46.5 Å². The zero-order valence-corrected chi connectivity index (χ0v) is 13.3. The van der Waals surface area contributed by atoms with Crippen molar-refractivity contribution in [1.29, 1.82) is 0 Å². The number of carboxylic acid groups (broad SMARTS) is 1. The number of carboxylic acids is 1. The average Bonchev–Trinajstić information content (AvgIpc) is 2.60. The van der Waals surface area contributed by atoms with Crippen LogP contribution >= 0.6 is 0 Å². The molecule has 2 rings (SSSR count). The Bertz CT molecular complexity index is 584. The van der Waals surface area contributed by atoms with Crippen LogP contribution in [0.3, 0.4) is 0 Å². The lowest BCUT2D eigenvalue weighted by Gasteiger charge is -2.39. The van der Waals surface area contributed by atoms with Gasteiger partial charge in [-0.1, -0.05) is 0 Å². The maximum Gasteiger partial charge on any atom is 0.354 e. The summed E-state index contributed by atoms with van der Waals surface area (Å²) in [6, 6.07) is 2.62. The molecule has 1 fully saturated rings. The molecule has 2 N–H and O–H groups in total. The summed E-state index contributed by atoms with van der Waals surface area (Å²) in [6.45, 7) is 0.207. The van der Waals surface area contributed by atoms with Gasteiger partial charge >= 0.3 is 5.97 Å². The van der Waals surface area contributed by atoms with Crippen LogP contribution in [0.2, 0.25) is 0 Å². The zero-order chi connectivity index (χ0) is 17.7. The molecule has 1 aliphatic carbocycles. The molecule has 6 nitrogen and oxygen atoms in total. The minimum absolute atomic E-state index is 0.148. The molecule has 0 unspecified atom stereocenters. The van der Waals surface area contributed by atoms with Crippen molar-refractivity contribution in [3.63, 3.8) is 0 Å². The van der Waals surface area contributed by atoms with E-state index in [0.717, 1.165) is 0 Å². The van der Waals surface area contributed by atoms with Gasteiger partial charge < -0.3 is 15.2 Å². The third-order valence-corrected chi connectivity index (χ3v) is 4.55. The summed E-state index contributed by atoms with van der Waals surface area (Å²) in [5, 5.41) is 11.5. The van der Waals surface area contributed by atoms with Crippen LogP contribution in [0.4, 0.5) is 8.78 Å². The summed E-state index contributed by atoms with van der Waals surface area (Å²) in [5.74, 6) is -2.19. The van der Waals surface area contributed by atoms with E-state index in [4.69, 9.17) is 9.84 Å². The summed E-state index contributed by atoms with van der Waals surface area (Å²) < 4.78 is 31.0. The minimum atomic E-state index is -2.33. The van der Waals surface area contributed by atoms with E-state index in [1.165, 1.54) is 25.4 Å². The number of alkyl halides is 2. The number of methoxy groups -OCH3 is 1. The number of pyridine rings is 1. The molecule has 24 heavy (non-hydrogen) atoms. The van der Waals surface area contributed by atoms with Gasteiger partial charge in [0.1, 0.15) is 5.69 Å². The van der Waals surface area contributed by atoms with Gasteiger partial charge in [0.05, 0.1) is 11.2 Å². The number of amides is 1. The normalized spacial score (nSPS) is 23.9. The van der Waals surface area contributed by atoms with E-state index in [0.29, 0.717) is 25.7 Å². The third-order valence-electron chi connectivity index (χ3n) is 4.55. The highest BCUT2D eigenvalue weighted by Gasteiger charge is 2.38. The number of carbonyl (C=O) groups excluding carboxylic acids is 1. The van der Waals surface area contributed by atoms with E-state index in [-0.39, 0.29) is 17.8 Å². The fourth-order valence-electron chi connectivity index (χ4n) is 2.87.